The minimum absolute atomic E-state index is 0.0595. The molecule has 0 unspecified atom stereocenters. The summed E-state index contributed by atoms with van der Waals surface area (Å²) in [5.74, 6) is -1.42. The van der Waals surface area contributed by atoms with Gasteiger partial charge < -0.3 is 5.73 Å². The second kappa shape index (κ2) is 4.81. The highest BCUT2D eigenvalue weighted by Gasteiger charge is 2.33. The Labute approximate surface area is 93.1 Å². The van der Waals surface area contributed by atoms with E-state index in [1.807, 2.05) is 5.43 Å². The number of nitrogens with zero attached hydrogens (tertiary/aromatic N) is 1. The van der Waals surface area contributed by atoms with Gasteiger partial charge in [-0.15, -0.1) is 0 Å². The van der Waals surface area contributed by atoms with Crippen LogP contribution in [0.4, 0.5) is 22.4 Å². The number of primary amides is 1. The number of hydrogen-bond acceptors (Lipinski definition) is 2. The van der Waals surface area contributed by atoms with Gasteiger partial charge in [0.05, 0.1) is 11.8 Å². The Morgan fingerprint density at radius 2 is 2.06 bits per heavy atom. The third-order valence-electron chi connectivity index (χ3n) is 1.69. The fraction of sp³-hybridized carbons (Fsp3) is 0.111. The number of rotatable bonds is 2. The van der Waals surface area contributed by atoms with Crippen molar-refractivity contribution < 1.29 is 22.4 Å². The summed E-state index contributed by atoms with van der Waals surface area (Å²) >= 11 is 0. The Morgan fingerprint density at radius 3 is 2.53 bits per heavy atom. The van der Waals surface area contributed by atoms with Crippen molar-refractivity contribution in [2.45, 2.75) is 6.18 Å². The molecule has 92 valence electrons. The van der Waals surface area contributed by atoms with E-state index in [1.54, 1.807) is 0 Å². The van der Waals surface area contributed by atoms with Crippen molar-refractivity contribution in [2.75, 3.05) is 0 Å². The molecule has 0 radical (unpaired) electrons. The summed E-state index contributed by atoms with van der Waals surface area (Å²) in [6.07, 6.45) is -3.78. The van der Waals surface area contributed by atoms with Gasteiger partial charge in [0.1, 0.15) is 5.82 Å². The molecule has 0 aliphatic rings. The lowest BCUT2D eigenvalue weighted by Gasteiger charge is -2.07. The van der Waals surface area contributed by atoms with Gasteiger partial charge in [0, 0.05) is 0 Å². The second-order valence-electron chi connectivity index (χ2n) is 2.97. The lowest BCUT2D eigenvalue weighted by atomic mass is 10.1. The van der Waals surface area contributed by atoms with Crippen LogP contribution in [0.25, 0.3) is 0 Å². The molecule has 3 N–H and O–H groups in total. The van der Waals surface area contributed by atoms with Gasteiger partial charge in [-0.1, -0.05) is 6.07 Å². The maximum absolute atomic E-state index is 13.0. The van der Waals surface area contributed by atoms with Crippen LogP contribution >= 0.6 is 0 Å². The van der Waals surface area contributed by atoms with E-state index in [-0.39, 0.29) is 5.56 Å². The van der Waals surface area contributed by atoms with E-state index in [0.29, 0.717) is 12.1 Å². The lowest BCUT2D eigenvalue weighted by molar-refractivity contribution is -0.140. The average molecular weight is 249 g/mol. The van der Waals surface area contributed by atoms with Gasteiger partial charge in [-0.25, -0.2) is 14.6 Å². The SMILES string of the molecule is NC(=O)NN=Cc1ccc(C(F)(F)F)c(F)c1. The quantitative estimate of drug-likeness (QED) is 0.468. The van der Waals surface area contributed by atoms with Crippen LogP contribution in [0.15, 0.2) is 23.3 Å². The first-order valence-corrected chi connectivity index (χ1v) is 4.26. The normalized spacial score (nSPS) is 11.8. The summed E-state index contributed by atoms with van der Waals surface area (Å²) in [5.41, 5.74) is 5.20. The molecule has 2 amide bonds. The Kier molecular flexibility index (Phi) is 3.66. The van der Waals surface area contributed by atoms with Gasteiger partial charge in [-0.3, -0.25) is 0 Å². The topological polar surface area (TPSA) is 67.5 Å². The standard InChI is InChI=1S/C9H7F4N3O/c10-7-3-5(4-15-16-8(14)17)1-2-6(7)9(11,12)13/h1-4H,(H3,14,16,17). The van der Waals surface area contributed by atoms with Crippen LogP contribution in [0, 0.1) is 5.82 Å². The Balaban J connectivity index is 2.90. The summed E-state index contributed by atoms with van der Waals surface area (Å²) < 4.78 is 49.6. The predicted molar refractivity (Wildman–Crippen MR) is 51.7 cm³/mol. The number of halogens is 4. The molecule has 0 saturated heterocycles. The highest BCUT2D eigenvalue weighted by Crippen LogP contribution is 2.31. The van der Waals surface area contributed by atoms with Crippen LogP contribution in [0.3, 0.4) is 0 Å². The minimum atomic E-state index is -4.74. The van der Waals surface area contributed by atoms with Gasteiger partial charge in [0.25, 0.3) is 0 Å². The average Bonchev–Trinajstić information content (AvgIpc) is 2.14. The molecule has 0 atom stereocenters. The van der Waals surface area contributed by atoms with Crippen LogP contribution in [0.1, 0.15) is 11.1 Å². The number of nitrogens with one attached hydrogen (secondary N) is 1. The summed E-state index contributed by atoms with van der Waals surface area (Å²) in [4.78, 5) is 10.2. The van der Waals surface area contributed by atoms with Crippen molar-refractivity contribution in [1.82, 2.24) is 5.43 Å². The first kappa shape index (κ1) is 12.9. The monoisotopic (exact) mass is 249 g/mol. The Hall–Kier alpha value is -2.12. The lowest BCUT2D eigenvalue weighted by Crippen LogP contribution is -2.24. The molecular formula is C9H7F4N3O. The Bertz CT molecular complexity index is 456. The van der Waals surface area contributed by atoms with Gasteiger partial charge in [-0.05, 0) is 17.7 Å². The number of alkyl halides is 3. The number of carbonyl (C=O) groups excluding carboxylic acids is 1. The molecule has 0 heterocycles. The third-order valence-corrected chi connectivity index (χ3v) is 1.69. The summed E-state index contributed by atoms with van der Waals surface area (Å²) in [6.45, 7) is 0. The molecule has 0 bridgehead atoms. The van der Waals surface area contributed by atoms with Crippen molar-refractivity contribution in [2.24, 2.45) is 10.8 Å². The molecule has 17 heavy (non-hydrogen) atoms. The number of carbonyl (C=O) groups is 1. The first-order valence-electron chi connectivity index (χ1n) is 4.26. The number of hydrazone groups is 1. The Morgan fingerprint density at radius 1 is 1.41 bits per heavy atom. The zero-order valence-corrected chi connectivity index (χ0v) is 8.25. The summed E-state index contributed by atoms with van der Waals surface area (Å²) in [7, 11) is 0. The van der Waals surface area contributed by atoms with E-state index in [9.17, 15) is 22.4 Å². The van der Waals surface area contributed by atoms with E-state index >= 15 is 0 Å². The fourth-order valence-corrected chi connectivity index (χ4v) is 1.01. The molecule has 0 aromatic heterocycles. The van der Waals surface area contributed by atoms with Crippen LogP contribution < -0.4 is 11.2 Å². The van der Waals surface area contributed by atoms with E-state index in [4.69, 9.17) is 0 Å². The second-order valence-corrected chi connectivity index (χ2v) is 2.97. The molecule has 0 aliphatic carbocycles. The molecular weight excluding hydrogens is 242 g/mol. The maximum Gasteiger partial charge on any atom is 0.419 e. The van der Waals surface area contributed by atoms with E-state index in [1.165, 1.54) is 0 Å². The van der Waals surface area contributed by atoms with Gasteiger partial charge in [0.2, 0.25) is 0 Å². The van der Waals surface area contributed by atoms with Gasteiger partial charge in [-0.2, -0.15) is 18.3 Å². The highest BCUT2D eigenvalue weighted by molar-refractivity contribution is 5.81. The largest absolute Gasteiger partial charge is 0.419 e. The molecule has 0 saturated carbocycles. The van der Waals surface area contributed by atoms with E-state index in [0.717, 1.165) is 12.3 Å². The minimum Gasteiger partial charge on any atom is -0.350 e. The number of amides is 2. The van der Waals surface area contributed by atoms with Crippen LogP contribution in [-0.4, -0.2) is 12.2 Å². The zero-order chi connectivity index (χ0) is 13.1. The highest BCUT2D eigenvalue weighted by atomic mass is 19.4. The summed E-state index contributed by atoms with van der Waals surface area (Å²) in [5, 5.41) is 3.28. The van der Waals surface area contributed by atoms with Gasteiger partial charge >= 0.3 is 12.2 Å². The molecule has 0 aliphatic heterocycles. The van der Waals surface area contributed by atoms with E-state index < -0.39 is 23.6 Å². The smallest absolute Gasteiger partial charge is 0.350 e. The summed E-state index contributed by atoms with van der Waals surface area (Å²) in [6, 6.07) is 1.31. The molecule has 0 fully saturated rings. The van der Waals surface area contributed by atoms with Crippen molar-refractivity contribution in [3.63, 3.8) is 0 Å². The van der Waals surface area contributed by atoms with Crippen LogP contribution in [0.5, 0.6) is 0 Å². The molecule has 1 aromatic carbocycles. The molecule has 1 rings (SSSR count). The van der Waals surface area contributed by atoms with Crippen LogP contribution in [0.2, 0.25) is 0 Å². The first-order chi connectivity index (χ1) is 7.80. The number of urea groups is 1. The molecule has 1 aromatic rings. The molecule has 8 heteroatoms. The predicted octanol–water partition coefficient (Wildman–Crippen LogP) is 1.85. The third kappa shape index (κ3) is 3.74. The zero-order valence-electron chi connectivity index (χ0n) is 8.25. The fourth-order valence-electron chi connectivity index (χ4n) is 1.01. The van der Waals surface area contributed by atoms with Crippen LogP contribution in [-0.2, 0) is 6.18 Å². The number of benzene rings is 1. The van der Waals surface area contributed by atoms with Crippen molar-refractivity contribution in [1.29, 1.82) is 0 Å². The van der Waals surface area contributed by atoms with Crippen molar-refractivity contribution >= 4 is 12.2 Å². The molecule has 0 spiro atoms. The van der Waals surface area contributed by atoms with Gasteiger partial charge in [0.15, 0.2) is 0 Å². The molecule has 4 nitrogen and oxygen atoms in total. The maximum atomic E-state index is 13.0. The number of nitrogens with two attached hydrogens (primary N) is 1. The number of hydrogen-bond donors (Lipinski definition) is 2. The van der Waals surface area contributed by atoms with Crippen molar-refractivity contribution in [3.05, 3.63) is 35.1 Å². The van der Waals surface area contributed by atoms with E-state index in [2.05, 4.69) is 10.8 Å². The van der Waals surface area contributed by atoms with Crippen molar-refractivity contribution in [3.8, 4) is 0 Å².